The van der Waals surface area contributed by atoms with E-state index in [0.717, 1.165) is 23.9 Å². The van der Waals surface area contributed by atoms with Crippen molar-refractivity contribution in [3.8, 4) is 0 Å². The second-order valence-corrected chi connectivity index (χ2v) is 5.68. The van der Waals surface area contributed by atoms with Gasteiger partial charge in [-0.05, 0) is 48.7 Å². The van der Waals surface area contributed by atoms with Gasteiger partial charge in [-0.1, -0.05) is 6.92 Å². The second kappa shape index (κ2) is 8.38. The van der Waals surface area contributed by atoms with E-state index >= 15 is 0 Å². The minimum atomic E-state index is -0.0325. The molecule has 4 nitrogen and oxygen atoms in total. The second-order valence-electron chi connectivity index (χ2n) is 4.77. The highest BCUT2D eigenvalue weighted by Gasteiger charge is 2.14. The van der Waals surface area contributed by atoms with Gasteiger partial charge in [-0.2, -0.15) is 0 Å². The van der Waals surface area contributed by atoms with E-state index in [4.69, 9.17) is 4.74 Å². The van der Waals surface area contributed by atoms with Gasteiger partial charge in [0.1, 0.15) is 5.69 Å². The van der Waals surface area contributed by atoms with Crippen molar-refractivity contribution in [3.63, 3.8) is 0 Å². The van der Waals surface area contributed by atoms with Crippen molar-refractivity contribution in [2.75, 3.05) is 19.8 Å². The SMILES string of the molecule is CCCOCCCNC(=O)c1cc(Br)cn1C(C)C. The van der Waals surface area contributed by atoms with Crippen molar-refractivity contribution in [2.24, 2.45) is 0 Å². The number of amides is 1. The van der Waals surface area contributed by atoms with Crippen molar-refractivity contribution in [3.05, 3.63) is 22.4 Å². The molecule has 0 spiro atoms. The number of aromatic nitrogens is 1. The largest absolute Gasteiger partial charge is 0.381 e. The Morgan fingerprint density at radius 3 is 2.84 bits per heavy atom. The molecule has 19 heavy (non-hydrogen) atoms. The topological polar surface area (TPSA) is 43.3 Å². The van der Waals surface area contributed by atoms with Crippen LogP contribution in [0, 0.1) is 0 Å². The maximum absolute atomic E-state index is 12.1. The predicted molar refractivity (Wildman–Crippen MR) is 80.6 cm³/mol. The molecule has 0 bridgehead atoms. The van der Waals surface area contributed by atoms with E-state index < -0.39 is 0 Å². The summed E-state index contributed by atoms with van der Waals surface area (Å²) in [4.78, 5) is 12.1. The summed E-state index contributed by atoms with van der Waals surface area (Å²) in [7, 11) is 0. The molecule has 108 valence electrons. The van der Waals surface area contributed by atoms with Crippen LogP contribution >= 0.6 is 15.9 Å². The Kier molecular flexibility index (Phi) is 7.16. The summed E-state index contributed by atoms with van der Waals surface area (Å²) < 4.78 is 8.27. The van der Waals surface area contributed by atoms with Gasteiger partial charge in [0.05, 0.1) is 0 Å². The molecule has 0 unspecified atom stereocenters. The zero-order valence-corrected chi connectivity index (χ0v) is 13.5. The van der Waals surface area contributed by atoms with Crippen LogP contribution in [-0.4, -0.2) is 30.2 Å². The molecule has 1 amide bonds. The van der Waals surface area contributed by atoms with Crippen LogP contribution < -0.4 is 5.32 Å². The van der Waals surface area contributed by atoms with Crippen LogP contribution in [0.1, 0.15) is 50.1 Å². The molecule has 1 N–H and O–H groups in total. The molecule has 0 atom stereocenters. The number of halogens is 1. The molecule has 0 fully saturated rings. The minimum absolute atomic E-state index is 0.0325. The summed E-state index contributed by atoms with van der Waals surface area (Å²) in [5.41, 5.74) is 0.691. The van der Waals surface area contributed by atoms with E-state index in [1.165, 1.54) is 0 Å². The fourth-order valence-electron chi connectivity index (χ4n) is 1.77. The minimum Gasteiger partial charge on any atom is -0.381 e. The summed E-state index contributed by atoms with van der Waals surface area (Å²) in [6.07, 6.45) is 3.81. The Bertz CT molecular complexity index is 402. The highest BCUT2D eigenvalue weighted by molar-refractivity contribution is 9.10. The number of nitrogens with one attached hydrogen (secondary N) is 1. The first-order valence-electron chi connectivity index (χ1n) is 6.79. The van der Waals surface area contributed by atoms with Gasteiger partial charge in [-0.3, -0.25) is 4.79 Å². The lowest BCUT2D eigenvalue weighted by atomic mass is 10.3. The van der Waals surface area contributed by atoms with Crippen LogP contribution in [0.25, 0.3) is 0 Å². The van der Waals surface area contributed by atoms with Gasteiger partial charge < -0.3 is 14.6 Å². The first-order chi connectivity index (χ1) is 9.06. The highest BCUT2D eigenvalue weighted by atomic mass is 79.9. The van der Waals surface area contributed by atoms with E-state index in [0.29, 0.717) is 18.8 Å². The van der Waals surface area contributed by atoms with Crippen LogP contribution in [0.5, 0.6) is 0 Å². The Balaban J connectivity index is 2.41. The Morgan fingerprint density at radius 1 is 1.47 bits per heavy atom. The monoisotopic (exact) mass is 330 g/mol. The molecule has 1 heterocycles. The fourth-order valence-corrected chi connectivity index (χ4v) is 2.21. The Labute approximate surface area is 123 Å². The molecular formula is C14H23BrN2O2. The van der Waals surface area contributed by atoms with E-state index in [1.807, 2.05) is 16.8 Å². The molecular weight excluding hydrogens is 308 g/mol. The number of carbonyl (C=O) groups is 1. The maximum atomic E-state index is 12.1. The van der Waals surface area contributed by atoms with Gasteiger partial charge in [-0.25, -0.2) is 0 Å². The predicted octanol–water partition coefficient (Wildman–Crippen LogP) is 3.38. The quantitative estimate of drug-likeness (QED) is 0.742. The number of nitrogens with zero attached hydrogens (tertiary/aromatic N) is 1. The normalized spacial score (nSPS) is 11.0. The number of carbonyl (C=O) groups excluding carboxylic acids is 1. The van der Waals surface area contributed by atoms with Crippen LogP contribution in [0.4, 0.5) is 0 Å². The standard InChI is InChI=1S/C14H23BrN2O2/c1-4-7-19-8-5-6-16-14(18)13-9-12(15)10-17(13)11(2)3/h9-11H,4-8H2,1-3H3,(H,16,18). The van der Waals surface area contributed by atoms with Crippen LogP contribution in [-0.2, 0) is 4.74 Å². The average Bonchev–Trinajstić information content (AvgIpc) is 2.76. The van der Waals surface area contributed by atoms with Crippen LogP contribution in [0.15, 0.2) is 16.7 Å². The lowest BCUT2D eigenvalue weighted by molar-refractivity contribution is 0.0931. The van der Waals surface area contributed by atoms with Crippen molar-refractivity contribution >= 4 is 21.8 Å². The van der Waals surface area contributed by atoms with Gasteiger partial charge in [0, 0.05) is 36.5 Å². The van der Waals surface area contributed by atoms with Crippen molar-refractivity contribution < 1.29 is 9.53 Å². The zero-order valence-electron chi connectivity index (χ0n) is 11.9. The number of hydrogen-bond acceptors (Lipinski definition) is 2. The van der Waals surface area contributed by atoms with Gasteiger partial charge >= 0.3 is 0 Å². The molecule has 0 saturated carbocycles. The van der Waals surface area contributed by atoms with Crippen molar-refractivity contribution in [2.45, 2.75) is 39.7 Å². The number of ether oxygens (including phenoxy) is 1. The summed E-state index contributed by atoms with van der Waals surface area (Å²) in [5.74, 6) is -0.0325. The first kappa shape index (κ1) is 16.2. The van der Waals surface area contributed by atoms with E-state index in [2.05, 4.69) is 42.0 Å². The molecule has 0 aliphatic rings. The molecule has 0 saturated heterocycles. The smallest absolute Gasteiger partial charge is 0.267 e. The van der Waals surface area contributed by atoms with Gasteiger partial charge in [0.25, 0.3) is 5.91 Å². The van der Waals surface area contributed by atoms with E-state index in [-0.39, 0.29) is 11.9 Å². The van der Waals surface area contributed by atoms with Gasteiger partial charge in [-0.15, -0.1) is 0 Å². The summed E-state index contributed by atoms with van der Waals surface area (Å²) in [5, 5.41) is 2.92. The van der Waals surface area contributed by atoms with Crippen LogP contribution in [0.2, 0.25) is 0 Å². The summed E-state index contributed by atoms with van der Waals surface area (Å²) >= 11 is 3.41. The molecule has 1 rings (SSSR count). The number of rotatable bonds is 8. The highest BCUT2D eigenvalue weighted by Crippen LogP contribution is 2.19. The van der Waals surface area contributed by atoms with E-state index in [1.54, 1.807) is 0 Å². The lowest BCUT2D eigenvalue weighted by Crippen LogP contribution is -2.27. The lowest BCUT2D eigenvalue weighted by Gasteiger charge is -2.12. The first-order valence-corrected chi connectivity index (χ1v) is 7.58. The van der Waals surface area contributed by atoms with Crippen molar-refractivity contribution in [1.29, 1.82) is 0 Å². The maximum Gasteiger partial charge on any atom is 0.267 e. The third kappa shape index (κ3) is 5.37. The number of hydrogen-bond donors (Lipinski definition) is 1. The summed E-state index contributed by atoms with van der Waals surface area (Å²) in [6, 6.07) is 2.11. The third-order valence-corrected chi connectivity index (χ3v) is 3.14. The molecule has 0 aromatic carbocycles. The van der Waals surface area contributed by atoms with Gasteiger partial charge in [0.15, 0.2) is 0 Å². The fraction of sp³-hybridized carbons (Fsp3) is 0.643. The molecule has 0 aliphatic carbocycles. The zero-order chi connectivity index (χ0) is 14.3. The van der Waals surface area contributed by atoms with Gasteiger partial charge in [0.2, 0.25) is 0 Å². The molecule has 0 radical (unpaired) electrons. The third-order valence-electron chi connectivity index (χ3n) is 2.70. The Hall–Kier alpha value is -0.810. The molecule has 1 aromatic heterocycles. The van der Waals surface area contributed by atoms with Crippen molar-refractivity contribution in [1.82, 2.24) is 9.88 Å². The molecule has 0 aliphatic heterocycles. The van der Waals surface area contributed by atoms with E-state index in [9.17, 15) is 4.79 Å². The summed E-state index contributed by atoms with van der Waals surface area (Å²) in [6.45, 7) is 8.33. The Morgan fingerprint density at radius 2 is 2.21 bits per heavy atom. The average molecular weight is 331 g/mol. The molecule has 1 aromatic rings. The molecule has 5 heteroatoms. The van der Waals surface area contributed by atoms with Crippen LogP contribution in [0.3, 0.4) is 0 Å².